The van der Waals surface area contributed by atoms with E-state index >= 15 is 0 Å². The fraction of sp³-hybridized carbons (Fsp3) is 0.400. The molecule has 2 aromatic rings. The van der Waals surface area contributed by atoms with Gasteiger partial charge in [0.2, 0.25) is 0 Å². The van der Waals surface area contributed by atoms with Crippen LogP contribution < -0.4 is 10.2 Å². The van der Waals surface area contributed by atoms with Gasteiger partial charge < -0.3 is 15.1 Å². The highest BCUT2D eigenvalue weighted by Gasteiger charge is 2.33. The van der Waals surface area contributed by atoms with Crippen molar-refractivity contribution in [3.63, 3.8) is 0 Å². The number of nitrogens with zero attached hydrogens (tertiary/aromatic N) is 3. The maximum Gasteiger partial charge on any atom is 0.254 e. The Balaban J connectivity index is 1.63. The van der Waals surface area contributed by atoms with E-state index in [1.165, 1.54) is 5.56 Å². The average molecular weight is 336 g/mol. The predicted molar refractivity (Wildman–Crippen MR) is 98.8 cm³/mol. The molecule has 5 nitrogen and oxygen atoms in total. The minimum atomic E-state index is 0.117. The van der Waals surface area contributed by atoms with Gasteiger partial charge in [0, 0.05) is 50.0 Å². The van der Waals surface area contributed by atoms with Crippen molar-refractivity contribution in [2.45, 2.75) is 18.9 Å². The lowest BCUT2D eigenvalue weighted by atomic mass is 10.0. The third-order valence-electron chi connectivity index (χ3n) is 5.13. The van der Waals surface area contributed by atoms with Crippen molar-refractivity contribution in [2.75, 3.05) is 37.6 Å². The summed E-state index contributed by atoms with van der Waals surface area (Å²) in [5.41, 5.74) is 1.95. The Kier molecular flexibility index (Phi) is 4.65. The largest absolute Gasteiger partial charge is 0.354 e. The number of likely N-dealkylation sites (tertiary alicyclic amines) is 1. The minimum absolute atomic E-state index is 0.117. The van der Waals surface area contributed by atoms with E-state index in [0.29, 0.717) is 0 Å². The van der Waals surface area contributed by atoms with Crippen molar-refractivity contribution in [3.8, 4) is 0 Å². The first-order valence-electron chi connectivity index (χ1n) is 9.11. The van der Waals surface area contributed by atoms with Gasteiger partial charge in [-0.15, -0.1) is 0 Å². The number of pyridine rings is 1. The number of rotatable bonds is 3. The molecule has 2 fully saturated rings. The molecule has 5 heteroatoms. The van der Waals surface area contributed by atoms with Crippen LogP contribution in [0.2, 0.25) is 0 Å². The molecule has 2 aliphatic rings. The molecule has 0 spiro atoms. The number of benzene rings is 1. The summed E-state index contributed by atoms with van der Waals surface area (Å²) in [5.74, 6) is 1.17. The summed E-state index contributed by atoms with van der Waals surface area (Å²) in [5, 5.41) is 3.39. The molecule has 1 atom stereocenters. The normalized spacial score (nSPS) is 20.7. The van der Waals surface area contributed by atoms with Crippen LogP contribution in [0.4, 0.5) is 5.82 Å². The molecule has 0 radical (unpaired) electrons. The Labute approximate surface area is 148 Å². The summed E-state index contributed by atoms with van der Waals surface area (Å²) in [6.07, 6.45) is 3.90. The zero-order chi connectivity index (χ0) is 17.1. The molecule has 0 unspecified atom stereocenters. The van der Waals surface area contributed by atoms with Gasteiger partial charge in [0.25, 0.3) is 5.91 Å². The Morgan fingerprint density at radius 2 is 1.84 bits per heavy atom. The summed E-state index contributed by atoms with van der Waals surface area (Å²) in [4.78, 5) is 22.0. The van der Waals surface area contributed by atoms with Gasteiger partial charge in [-0.2, -0.15) is 0 Å². The lowest BCUT2D eigenvalue weighted by molar-refractivity contribution is 0.0736. The van der Waals surface area contributed by atoms with Gasteiger partial charge >= 0.3 is 0 Å². The van der Waals surface area contributed by atoms with Crippen molar-refractivity contribution in [1.29, 1.82) is 0 Å². The molecule has 0 aliphatic carbocycles. The van der Waals surface area contributed by atoms with Crippen LogP contribution in [0, 0.1) is 0 Å². The lowest BCUT2D eigenvalue weighted by Gasteiger charge is -2.33. The number of aromatic nitrogens is 1. The molecule has 2 saturated heterocycles. The fourth-order valence-electron chi connectivity index (χ4n) is 3.89. The Bertz CT molecular complexity index is 727. The number of hydrogen-bond donors (Lipinski definition) is 1. The number of amides is 1. The molecule has 0 bridgehead atoms. The molecule has 1 N–H and O–H groups in total. The fourth-order valence-corrected chi connectivity index (χ4v) is 3.89. The molecule has 1 aromatic carbocycles. The number of piperazine rings is 1. The highest BCUT2D eigenvalue weighted by molar-refractivity contribution is 5.94. The van der Waals surface area contributed by atoms with Crippen LogP contribution in [-0.2, 0) is 0 Å². The van der Waals surface area contributed by atoms with E-state index in [-0.39, 0.29) is 11.9 Å². The van der Waals surface area contributed by atoms with E-state index in [1.54, 1.807) is 0 Å². The van der Waals surface area contributed by atoms with E-state index in [4.69, 9.17) is 0 Å². The monoisotopic (exact) mass is 336 g/mol. The molecule has 25 heavy (non-hydrogen) atoms. The summed E-state index contributed by atoms with van der Waals surface area (Å²) in [7, 11) is 0. The number of anilines is 1. The third-order valence-corrected chi connectivity index (χ3v) is 5.13. The molecule has 0 saturated carbocycles. The summed E-state index contributed by atoms with van der Waals surface area (Å²) in [6, 6.07) is 13.9. The van der Waals surface area contributed by atoms with Crippen LogP contribution in [0.25, 0.3) is 0 Å². The van der Waals surface area contributed by atoms with E-state index in [1.807, 2.05) is 47.5 Å². The van der Waals surface area contributed by atoms with Crippen molar-refractivity contribution < 1.29 is 4.79 Å². The van der Waals surface area contributed by atoms with Gasteiger partial charge in [-0.1, -0.05) is 24.3 Å². The molecular formula is C20H24N4O. The van der Waals surface area contributed by atoms with Crippen molar-refractivity contribution in [2.24, 2.45) is 0 Å². The quantitative estimate of drug-likeness (QED) is 0.935. The molecular weight excluding hydrogens is 312 g/mol. The first-order valence-corrected chi connectivity index (χ1v) is 9.11. The van der Waals surface area contributed by atoms with Crippen molar-refractivity contribution in [3.05, 3.63) is 59.8 Å². The van der Waals surface area contributed by atoms with Crippen LogP contribution in [0.15, 0.2) is 48.7 Å². The molecule has 1 amide bonds. The van der Waals surface area contributed by atoms with Crippen LogP contribution in [-0.4, -0.2) is 48.5 Å². The van der Waals surface area contributed by atoms with Crippen molar-refractivity contribution in [1.82, 2.24) is 15.2 Å². The standard InChI is InChI=1S/C20H24N4O/c25-20(16-6-2-1-3-7-16)24-13-5-9-18(24)17-8-4-10-22-19(17)23-14-11-21-12-15-23/h1-4,6-8,10,18,21H,5,9,11-15H2/t18-/m0/s1. The molecule has 4 rings (SSSR count). The minimum Gasteiger partial charge on any atom is -0.354 e. The van der Waals surface area contributed by atoms with Gasteiger partial charge in [-0.05, 0) is 31.0 Å². The average Bonchev–Trinajstić information content (AvgIpc) is 3.18. The zero-order valence-corrected chi connectivity index (χ0v) is 14.4. The van der Waals surface area contributed by atoms with Gasteiger partial charge in [0.1, 0.15) is 5.82 Å². The van der Waals surface area contributed by atoms with Crippen LogP contribution in [0.3, 0.4) is 0 Å². The molecule has 1 aromatic heterocycles. The van der Waals surface area contributed by atoms with E-state index in [9.17, 15) is 4.79 Å². The third kappa shape index (κ3) is 3.24. The van der Waals surface area contributed by atoms with Crippen LogP contribution in [0.1, 0.15) is 34.8 Å². The lowest BCUT2D eigenvalue weighted by Crippen LogP contribution is -2.44. The van der Waals surface area contributed by atoms with E-state index < -0.39 is 0 Å². The number of carbonyl (C=O) groups excluding carboxylic acids is 1. The van der Waals surface area contributed by atoms with Gasteiger partial charge in [0.05, 0.1) is 6.04 Å². The van der Waals surface area contributed by atoms with Crippen LogP contribution in [0.5, 0.6) is 0 Å². The van der Waals surface area contributed by atoms with Gasteiger partial charge in [-0.25, -0.2) is 4.98 Å². The van der Waals surface area contributed by atoms with Gasteiger partial charge in [-0.3, -0.25) is 4.79 Å². The maximum atomic E-state index is 13.0. The smallest absolute Gasteiger partial charge is 0.254 e. The second-order valence-electron chi connectivity index (χ2n) is 6.68. The topological polar surface area (TPSA) is 48.5 Å². The molecule has 3 heterocycles. The highest BCUT2D eigenvalue weighted by atomic mass is 16.2. The second kappa shape index (κ2) is 7.23. The van der Waals surface area contributed by atoms with Gasteiger partial charge in [0.15, 0.2) is 0 Å². The number of carbonyl (C=O) groups is 1. The number of hydrogen-bond acceptors (Lipinski definition) is 4. The second-order valence-corrected chi connectivity index (χ2v) is 6.68. The Morgan fingerprint density at radius 3 is 2.64 bits per heavy atom. The first-order chi connectivity index (χ1) is 12.3. The summed E-state index contributed by atoms with van der Waals surface area (Å²) < 4.78 is 0. The SMILES string of the molecule is O=C(c1ccccc1)N1CCC[C@H]1c1cccnc1N1CCNCC1. The summed E-state index contributed by atoms with van der Waals surface area (Å²) in [6.45, 7) is 4.70. The van der Waals surface area contributed by atoms with Crippen LogP contribution >= 0.6 is 0 Å². The molecule has 130 valence electrons. The number of nitrogens with one attached hydrogen (secondary N) is 1. The predicted octanol–water partition coefficient (Wildman–Crippen LogP) is 2.47. The maximum absolute atomic E-state index is 13.0. The Morgan fingerprint density at radius 1 is 1.04 bits per heavy atom. The Hall–Kier alpha value is -2.40. The molecule has 2 aliphatic heterocycles. The highest BCUT2D eigenvalue weighted by Crippen LogP contribution is 2.37. The zero-order valence-electron chi connectivity index (χ0n) is 14.4. The van der Waals surface area contributed by atoms with E-state index in [2.05, 4.69) is 21.3 Å². The van der Waals surface area contributed by atoms with E-state index in [0.717, 1.165) is 56.9 Å². The first kappa shape index (κ1) is 16.1. The van der Waals surface area contributed by atoms with Crippen molar-refractivity contribution >= 4 is 11.7 Å². The summed E-state index contributed by atoms with van der Waals surface area (Å²) >= 11 is 0.